The summed E-state index contributed by atoms with van der Waals surface area (Å²) in [4.78, 5) is 12.7. The van der Waals surface area contributed by atoms with Gasteiger partial charge in [0, 0.05) is 11.7 Å². The third kappa shape index (κ3) is 4.67. The van der Waals surface area contributed by atoms with E-state index in [2.05, 4.69) is 4.99 Å². The predicted octanol–water partition coefficient (Wildman–Crippen LogP) is -0.0280. The molecule has 0 aliphatic rings. The predicted molar refractivity (Wildman–Crippen MR) is 71.7 cm³/mol. The molecule has 0 aromatic heterocycles. The molecule has 8 N–H and O–H groups in total. The molecule has 0 aliphatic carbocycles. The van der Waals surface area contributed by atoms with Gasteiger partial charge in [0.05, 0.1) is 0 Å². The van der Waals surface area contributed by atoms with Gasteiger partial charge < -0.3 is 16.4 Å². The van der Waals surface area contributed by atoms with Gasteiger partial charge in [-0.2, -0.15) is 4.99 Å². The molecule has 0 radical (unpaired) electrons. The Hall–Kier alpha value is -1.69. The van der Waals surface area contributed by atoms with Crippen molar-refractivity contribution < 1.29 is 9.46 Å². The van der Waals surface area contributed by atoms with Crippen molar-refractivity contribution in [1.29, 1.82) is 5.41 Å². The summed E-state index contributed by atoms with van der Waals surface area (Å²) in [5, 5.41) is 7.05. The van der Waals surface area contributed by atoms with Gasteiger partial charge in [-0.25, -0.2) is 0 Å². The summed E-state index contributed by atoms with van der Waals surface area (Å²) in [6, 6.07) is 6.99. The highest BCUT2D eigenvalue weighted by Crippen LogP contribution is 2.30. The smallest absolute Gasteiger partial charge is 0.264 e. The second-order valence-electron chi connectivity index (χ2n) is 3.77. The molecule has 98 valence electrons. The van der Waals surface area contributed by atoms with Crippen LogP contribution in [0.1, 0.15) is 11.1 Å². The van der Waals surface area contributed by atoms with Crippen LogP contribution in [-0.4, -0.2) is 22.9 Å². The number of nitrogens with one attached hydrogen (secondary N) is 1. The van der Waals surface area contributed by atoms with E-state index >= 15 is 0 Å². The fraction of sp³-hybridized carbons (Fsp3) is 0.200. The number of benzene rings is 1. The maximum Gasteiger partial charge on any atom is 0.264 e. The topological polar surface area (TPSA) is 152 Å². The van der Waals surface area contributed by atoms with E-state index in [0.29, 0.717) is 12.0 Å². The van der Waals surface area contributed by atoms with E-state index in [9.17, 15) is 4.57 Å². The van der Waals surface area contributed by atoms with E-state index in [1.54, 1.807) is 24.3 Å². The lowest BCUT2D eigenvalue weighted by molar-refractivity contribution is 0.479. The van der Waals surface area contributed by atoms with E-state index < -0.39 is 13.5 Å². The van der Waals surface area contributed by atoms with E-state index in [-0.39, 0.29) is 12.0 Å². The average molecular weight is 269 g/mol. The van der Waals surface area contributed by atoms with Crippen LogP contribution in [0, 0.1) is 5.41 Å². The van der Waals surface area contributed by atoms with Crippen LogP contribution in [0.5, 0.6) is 0 Å². The van der Waals surface area contributed by atoms with Gasteiger partial charge >= 0.3 is 0 Å². The van der Waals surface area contributed by atoms with Crippen molar-refractivity contribution >= 4 is 19.3 Å². The second kappa shape index (κ2) is 5.77. The fourth-order valence-corrected chi connectivity index (χ4v) is 2.02. The highest BCUT2D eigenvalue weighted by atomic mass is 31.2. The molecule has 1 aromatic rings. The SMILES string of the molecule is N=C(N)/N=C(\N)c1ccccc1CCP(N)(=O)O. The van der Waals surface area contributed by atoms with Gasteiger partial charge in [-0.1, -0.05) is 24.3 Å². The fourth-order valence-electron chi connectivity index (χ4n) is 1.46. The highest BCUT2D eigenvalue weighted by Gasteiger charge is 2.13. The number of aliphatic imine (C=N–C) groups is 1. The second-order valence-corrected chi connectivity index (χ2v) is 5.73. The molecule has 0 heterocycles. The summed E-state index contributed by atoms with van der Waals surface area (Å²) in [6.45, 7) is 0. The first-order valence-corrected chi connectivity index (χ1v) is 7.08. The number of nitrogens with two attached hydrogens (primary N) is 3. The quantitative estimate of drug-likeness (QED) is 0.295. The largest absolute Gasteiger partial charge is 0.383 e. The summed E-state index contributed by atoms with van der Waals surface area (Å²) in [5.74, 6) is -0.295. The van der Waals surface area contributed by atoms with Crippen LogP contribution >= 0.6 is 7.52 Å². The third-order valence-electron chi connectivity index (χ3n) is 2.24. The maximum absolute atomic E-state index is 11.1. The van der Waals surface area contributed by atoms with Gasteiger partial charge in [0.1, 0.15) is 5.84 Å². The number of rotatable bonds is 4. The van der Waals surface area contributed by atoms with E-state index in [1.165, 1.54) is 0 Å². The summed E-state index contributed by atoms with van der Waals surface area (Å²) in [5.41, 5.74) is 17.2. The summed E-state index contributed by atoms with van der Waals surface area (Å²) in [6.07, 6.45) is 0.256. The number of hydrogen-bond donors (Lipinski definition) is 5. The Kier molecular flexibility index (Phi) is 4.61. The van der Waals surface area contributed by atoms with Crippen LogP contribution in [-0.2, 0) is 11.0 Å². The summed E-state index contributed by atoms with van der Waals surface area (Å²) >= 11 is 0. The number of nitrogens with zero attached hydrogens (tertiary/aromatic N) is 1. The molecule has 18 heavy (non-hydrogen) atoms. The monoisotopic (exact) mass is 269 g/mol. The van der Waals surface area contributed by atoms with E-state index in [4.69, 9.17) is 27.3 Å². The molecule has 0 amide bonds. The molecule has 8 heteroatoms. The van der Waals surface area contributed by atoms with Crippen molar-refractivity contribution in [3.05, 3.63) is 35.4 Å². The van der Waals surface area contributed by atoms with E-state index in [1.807, 2.05) is 0 Å². The van der Waals surface area contributed by atoms with Crippen LogP contribution in [0.2, 0.25) is 0 Å². The molecular formula is C10H16N5O2P. The first-order chi connectivity index (χ1) is 8.29. The zero-order chi connectivity index (χ0) is 13.8. The molecule has 0 aliphatic heterocycles. The molecule has 0 saturated heterocycles. The zero-order valence-corrected chi connectivity index (χ0v) is 10.6. The van der Waals surface area contributed by atoms with Gasteiger partial charge in [-0.15, -0.1) is 0 Å². The highest BCUT2D eigenvalue weighted by molar-refractivity contribution is 7.55. The van der Waals surface area contributed by atoms with Gasteiger partial charge in [0.15, 0.2) is 0 Å². The van der Waals surface area contributed by atoms with Gasteiger partial charge in [-0.3, -0.25) is 15.5 Å². The number of hydrogen-bond acceptors (Lipinski definition) is 2. The summed E-state index contributed by atoms with van der Waals surface area (Å²) in [7, 11) is -3.56. The van der Waals surface area contributed by atoms with Crippen molar-refractivity contribution in [1.82, 2.24) is 0 Å². The number of amidine groups is 1. The van der Waals surface area contributed by atoms with Crippen molar-refractivity contribution in [2.24, 2.45) is 22.0 Å². The molecule has 0 saturated carbocycles. The first kappa shape index (κ1) is 14.4. The van der Waals surface area contributed by atoms with Gasteiger partial charge in [-0.05, 0) is 12.0 Å². The minimum absolute atomic E-state index is 0.0443. The standard InChI is InChI=1S/C10H16N5O2P/c11-9(15-10(12)13)8-4-2-1-3-7(8)5-6-18(14,16)17/h1-4H,5-6H2,(H3,14,16,17)(H5,11,12,13,15). The van der Waals surface area contributed by atoms with Crippen molar-refractivity contribution in [3.8, 4) is 0 Å². The molecular weight excluding hydrogens is 253 g/mol. The van der Waals surface area contributed by atoms with Gasteiger partial charge in [0.2, 0.25) is 5.96 Å². The minimum Gasteiger partial charge on any atom is -0.383 e. The Balaban J connectivity index is 3.00. The molecule has 0 bridgehead atoms. The number of aryl methyl sites for hydroxylation is 1. The molecule has 0 spiro atoms. The number of guanidine groups is 1. The molecule has 0 fully saturated rings. The van der Waals surface area contributed by atoms with Crippen molar-refractivity contribution in [3.63, 3.8) is 0 Å². The van der Waals surface area contributed by atoms with Crippen LogP contribution < -0.4 is 17.0 Å². The lowest BCUT2D eigenvalue weighted by Gasteiger charge is -2.10. The van der Waals surface area contributed by atoms with Gasteiger partial charge in [0.25, 0.3) is 7.52 Å². The Labute approximate surface area is 105 Å². The molecule has 7 nitrogen and oxygen atoms in total. The molecule has 1 atom stereocenters. The Morgan fingerprint density at radius 1 is 1.39 bits per heavy atom. The first-order valence-electron chi connectivity index (χ1n) is 5.16. The zero-order valence-electron chi connectivity index (χ0n) is 9.71. The van der Waals surface area contributed by atoms with Crippen LogP contribution in [0.15, 0.2) is 29.3 Å². The van der Waals surface area contributed by atoms with Crippen LogP contribution in [0.3, 0.4) is 0 Å². The minimum atomic E-state index is -3.56. The van der Waals surface area contributed by atoms with Crippen LogP contribution in [0.25, 0.3) is 0 Å². The lowest BCUT2D eigenvalue weighted by Crippen LogP contribution is -2.20. The van der Waals surface area contributed by atoms with Crippen molar-refractivity contribution in [2.75, 3.05) is 6.16 Å². The van der Waals surface area contributed by atoms with Crippen LogP contribution in [0.4, 0.5) is 0 Å². The van der Waals surface area contributed by atoms with E-state index in [0.717, 1.165) is 5.56 Å². The normalized spacial score (nSPS) is 15.1. The Bertz CT molecular complexity index is 523. The maximum atomic E-state index is 11.1. The average Bonchev–Trinajstić information content (AvgIpc) is 2.25. The summed E-state index contributed by atoms with van der Waals surface area (Å²) < 4.78 is 11.1. The molecule has 1 unspecified atom stereocenters. The molecule has 1 rings (SSSR count). The lowest BCUT2D eigenvalue weighted by atomic mass is 10.0. The van der Waals surface area contributed by atoms with Crippen molar-refractivity contribution in [2.45, 2.75) is 6.42 Å². The Morgan fingerprint density at radius 2 is 2.00 bits per heavy atom. The Morgan fingerprint density at radius 3 is 2.56 bits per heavy atom. The third-order valence-corrected chi connectivity index (χ3v) is 3.10. The molecule has 1 aromatic carbocycles.